The summed E-state index contributed by atoms with van der Waals surface area (Å²) in [6.45, 7) is 10.4. The molecule has 2 atom stereocenters. The third-order valence-electron chi connectivity index (χ3n) is 6.29. The van der Waals surface area contributed by atoms with Gasteiger partial charge in [0.25, 0.3) is 0 Å². The van der Waals surface area contributed by atoms with Crippen LogP contribution in [0.15, 0.2) is 61.4 Å². The Labute approximate surface area is 213 Å². The van der Waals surface area contributed by atoms with Gasteiger partial charge >= 0.3 is 7.82 Å². The number of phosphoric ester groups is 1. The number of rotatable bonds is 9. The van der Waals surface area contributed by atoms with Crippen molar-refractivity contribution in [2.75, 3.05) is 6.61 Å². The number of pyridine rings is 1. The van der Waals surface area contributed by atoms with Crippen molar-refractivity contribution < 1.29 is 23.2 Å². The standard InChI is InChI=1S/C29H34NO5P/c1-5-6-7-8-22-18-26(31)29(25-17-21(4)9-10-24(25)20(2)3)28(19-22)35-36(32)33-16-13-27(34-36)23-11-14-30-15-12-23/h9-12,14-15,17-19,27,31H,2,5-8,13,16H2,1,3-4H3. The number of hydrogen-bond donors (Lipinski definition) is 1. The third kappa shape index (κ3) is 6.07. The van der Waals surface area contributed by atoms with E-state index in [9.17, 15) is 9.67 Å². The molecule has 3 aromatic rings. The summed E-state index contributed by atoms with van der Waals surface area (Å²) in [4.78, 5) is 4.05. The molecule has 7 heteroatoms. The molecule has 1 aliphatic rings. The molecule has 0 saturated carbocycles. The second-order valence-electron chi connectivity index (χ2n) is 9.31. The lowest BCUT2D eigenvalue weighted by Gasteiger charge is -2.30. The highest BCUT2D eigenvalue weighted by molar-refractivity contribution is 7.49. The van der Waals surface area contributed by atoms with E-state index < -0.39 is 13.9 Å². The Hall–Kier alpha value is -2.92. The van der Waals surface area contributed by atoms with Gasteiger partial charge in [-0.25, -0.2) is 4.57 Å². The molecule has 1 aromatic heterocycles. The van der Waals surface area contributed by atoms with Gasteiger partial charge in [-0.3, -0.25) is 14.0 Å². The predicted molar refractivity (Wildman–Crippen MR) is 143 cm³/mol. The van der Waals surface area contributed by atoms with Crippen molar-refractivity contribution in [2.24, 2.45) is 0 Å². The van der Waals surface area contributed by atoms with E-state index in [2.05, 4.69) is 18.5 Å². The average molecular weight is 508 g/mol. The minimum Gasteiger partial charge on any atom is -0.507 e. The number of nitrogens with zero attached hydrogens (tertiary/aromatic N) is 1. The van der Waals surface area contributed by atoms with Crippen molar-refractivity contribution in [1.29, 1.82) is 0 Å². The van der Waals surface area contributed by atoms with E-state index in [1.807, 2.05) is 50.2 Å². The summed E-state index contributed by atoms with van der Waals surface area (Å²) in [5.41, 5.74) is 5.70. The van der Waals surface area contributed by atoms with Crippen molar-refractivity contribution in [2.45, 2.75) is 59.0 Å². The molecule has 190 valence electrons. The summed E-state index contributed by atoms with van der Waals surface area (Å²) in [5, 5.41) is 11.2. The van der Waals surface area contributed by atoms with E-state index in [1.54, 1.807) is 18.5 Å². The van der Waals surface area contributed by atoms with Crippen LogP contribution in [-0.2, 0) is 20.0 Å². The molecule has 1 saturated heterocycles. The smallest absolute Gasteiger partial charge is 0.507 e. The quantitative estimate of drug-likeness (QED) is 0.232. The van der Waals surface area contributed by atoms with Crippen LogP contribution in [0.25, 0.3) is 16.7 Å². The number of phosphoric acid groups is 1. The summed E-state index contributed by atoms with van der Waals surface area (Å²) in [7, 11) is -3.98. The number of allylic oxidation sites excluding steroid dienone is 1. The molecule has 2 heterocycles. The molecule has 1 N–H and O–H groups in total. The van der Waals surface area contributed by atoms with Crippen LogP contribution in [0.2, 0.25) is 0 Å². The Balaban J connectivity index is 1.77. The Morgan fingerprint density at radius 3 is 2.69 bits per heavy atom. The van der Waals surface area contributed by atoms with Crippen molar-refractivity contribution in [3.05, 3.63) is 83.7 Å². The molecule has 0 radical (unpaired) electrons. The summed E-state index contributed by atoms with van der Waals surface area (Å²) in [5.74, 6) is 0.328. The van der Waals surface area contributed by atoms with Gasteiger partial charge in [0, 0.05) is 18.8 Å². The fraction of sp³-hybridized carbons (Fsp3) is 0.345. The zero-order valence-electron chi connectivity index (χ0n) is 21.2. The maximum atomic E-state index is 13.8. The second kappa shape index (κ2) is 11.4. The minimum absolute atomic E-state index is 0.0568. The number of phenols is 1. The lowest BCUT2D eigenvalue weighted by Crippen LogP contribution is -2.17. The third-order valence-corrected chi connectivity index (χ3v) is 7.72. The normalized spacial score (nSPS) is 19.7. The number of benzene rings is 2. The van der Waals surface area contributed by atoms with Gasteiger partial charge in [-0.15, -0.1) is 0 Å². The Morgan fingerprint density at radius 1 is 1.19 bits per heavy atom. The number of phenolic OH excluding ortho intramolecular Hbond substituents is 1. The largest absolute Gasteiger partial charge is 0.530 e. The van der Waals surface area contributed by atoms with Gasteiger partial charge in [0.05, 0.1) is 18.3 Å². The summed E-state index contributed by atoms with van der Waals surface area (Å²) in [6.07, 6.45) is 7.36. The maximum Gasteiger partial charge on any atom is 0.530 e. The molecular weight excluding hydrogens is 473 g/mol. The van der Waals surface area contributed by atoms with Crippen molar-refractivity contribution in [3.8, 4) is 22.6 Å². The van der Waals surface area contributed by atoms with Gasteiger partial charge in [0.2, 0.25) is 0 Å². The van der Waals surface area contributed by atoms with E-state index in [0.717, 1.165) is 59.1 Å². The van der Waals surface area contributed by atoms with Crippen molar-refractivity contribution in [1.82, 2.24) is 4.98 Å². The molecule has 1 fully saturated rings. The zero-order chi connectivity index (χ0) is 25.7. The van der Waals surface area contributed by atoms with Crippen LogP contribution in [0.1, 0.15) is 67.9 Å². The lowest BCUT2D eigenvalue weighted by atomic mass is 9.91. The summed E-state index contributed by atoms with van der Waals surface area (Å²) in [6, 6.07) is 13.2. The van der Waals surface area contributed by atoms with Gasteiger partial charge in [-0.1, -0.05) is 55.7 Å². The molecule has 0 aliphatic carbocycles. The van der Waals surface area contributed by atoms with Crippen LogP contribution < -0.4 is 4.52 Å². The molecule has 0 bridgehead atoms. The Bertz CT molecular complexity index is 1270. The highest BCUT2D eigenvalue weighted by Gasteiger charge is 2.38. The van der Waals surface area contributed by atoms with E-state index in [4.69, 9.17) is 13.6 Å². The van der Waals surface area contributed by atoms with E-state index >= 15 is 0 Å². The van der Waals surface area contributed by atoms with Crippen LogP contribution in [-0.4, -0.2) is 16.7 Å². The summed E-state index contributed by atoms with van der Waals surface area (Å²) < 4.78 is 31.4. The number of hydrogen-bond acceptors (Lipinski definition) is 6. The molecule has 36 heavy (non-hydrogen) atoms. The molecule has 1 aliphatic heterocycles. The first-order chi connectivity index (χ1) is 17.3. The minimum atomic E-state index is -3.98. The molecule has 2 aromatic carbocycles. The Morgan fingerprint density at radius 2 is 1.97 bits per heavy atom. The molecular formula is C29H34NO5P. The monoisotopic (exact) mass is 507 g/mol. The molecule has 2 unspecified atom stereocenters. The van der Waals surface area contributed by atoms with Crippen LogP contribution >= 0.6 is 7.82 Å². The number of unbranched alkanes of at least 4 members (excludes halogenated alkanes) is 2. The van der Waals surface area contributed by atoms with Crippen LogP contribution in [0.5, 0.6) is 11.5 Å². The van der Waals surface area contributed by atoms with Gasteiger partial charge < -0.3 is 9.63 Å². The lowest BCUT2D eigenvalue weighted by molar-refractivity contribution is 0.0510. The SMILES string of the molecule is C=C(C)c1ccc(C)cc1-c1c(O)cc(CCCCC)cc1OP1(=O)OCCC(c2ccncc2)O1. The Kier molecular flexibility index (Phi) is 8.30. The highest BCUT2D eigenvalue weighted by atomic mass is 31.2. The predicted octanol–water partition coefficient (Wildman–Crippen LogP) is 8.19. The second-order valence-corrected chi connectivity index (χ2v) is 10.9. The fourth-order valence-corrected chi connectivity index (χ4v) is 5.85. The van der Waals surface area contributed by atoms with Crippen LogP contribution in [0, 0.1) is 6.92 Å². The number of aromatic hydroxyl groups is 1. The first kappa shape index (κ1) is 26.2. The number of aromatic nitrogens is 1. The topological polar surface area (TPSA) is 77.9 Å². The fourth-order valence-electron chi connectivity index (χ4n) is 4.44. The van der Waals surface area contributed by atoms with Gasteiger partial charge in [-0.05, 0) is 73.2 Å². The van der Waals surface area contributed by atoms with Gasteiger partial charge in [-0.2, -0.15) is 0 Å². The average Bonchev–Trinajstić information content (AvgIpc) is 2.84. The molecule has 6 nitrogen and oxygen atoms in total. The molecule has 4 rings (SSSR count). The maximum absolute atomic E-state index is 13.8. The summed E-state index contributed by atoms with van der Waals surface area (Å²) >= 11 is 0. The van der Waals surface area contributed by atoms with Crippen molar-refractivity contribution >= 4 is 13.4 Å². The highest BCUT2D eigenvalue weighted by Crippen LogP contribution is 2.58. The molecule has 0 spiro atoms. The number of aryl methyl sites for hydroxylation is 2. The van der Waals surface area contributed by atoms with Crippen molar-refractivity contribution in [3.63, 3.8) is 0 Å². The van der Waals surface area contributed by atoms with Crippen LogP contribution in [0.3, 0.4) is 0 Å². The van der Waals surface area contributed by atoms with E-state index in [1.165, 1.54) is 0 Å². The zero-order valence-corrected chi connectivity index (χ0v) is 22.1. The van der Waals surface area contributed by atoms with E-state index in [0.29, 0.717) is 12.0 Å². The first-order valence-corrected chi connectivity index (χ1v) is 13.9. The molecule has 0 amide bonds. The van der Waals surface area contributed by atoms with E-state index in [-0.39, 0.29) is 18.1 Å². The van der Waals surface area contributed by atoms with Crippen LogP contribution in [0.4, 0.5) is 0 Å². The first-order valence-electron chi connectivity index (χ1n) is 12.4. The van der Waals surface area contributed by atoms with Gasteiger partial charge in [0.15, 0.2) is 0 Å². The van der Waals surface area contributed by atoms with Gasteiger partial charge in [0.1, 0.15) is 11.5 Å².